The van der Waals surface area contributed by atoms with Crippen LogP contribution in [0.15, 0.2) is 41.3 Å². The molecule has 3 rings (SSSR count). The normalized spacial score (nSPS) is 15.5. The lowest BCUT2D eigenvalue weighted by atomic mass is 9.98. The van der Waals surface area contributed by atoms with Crippen molar-refractivity contribution in [2.24, 2.45) is 5.92 Å². The molecule has 1 saturated heterocycles. The fraction of sp³-hybridized carbons (Fsp3) is 0.381. The average Bonchev–Trinajstić information content (AvgIpc) is 2.64. The molecule has 0 aromatic heterocycles. The summed E-state index contributed by atoms with van der Waals surface area (Å²) in [7, 11) is -3.84. The Morgan fingerprint density at radius 1 is 1.07 bits per heavy atom. The van der Waals surface area contributed by atoms with Crippen molar-refractivity contribution in [3.05, 3.63) is 53.1 Å². The number of hydrogen-bond acceptors (Lipinski definition) is 4. The largest absolute Gasteiger partial charge is 0.478 e. The number of aryl methyl sites for hydroxylation is 2. The predicted octanol–water partition coefficient (Wildman–Crippen LogP) is 4.04. The van der Waals surface area contributed by atoms with Crippen LogP contribution in [-0.4, -0.2) is 32.6 Å². The zero-order chi connectivity index (χ0) is 20.5. The molecule has 0 saturated carbocycles. The van der Waals surface area contributed by atoms with Gasteiger partial charge in [-0.2, -0.15) is 0 Å². The van der Waals surface area contributed by atoms with Gasteiger partial charge in [-0.3, -0.25) is 4.72 Å². The van der Waals surface area contributed by atoms with Crippen molar-refractivity contribution in [1.82, 2.24) is 0 Å². The van der Waals surface area contributed by atoms with Crippen LogP contribution in [0.1, 0.15) is 41.3 Å². The number of carboxylic acid groups (broad SMARTS) is 1. The zero-order valence-corrected chi connectivity index (χ0v) is 17.2. The van der Waals surface area contributed by atoms with E-state index in [9.17, 15) is 18.3 Å². The van der Waals surface area contributed by atoms with Crippen LogP contribution in [0.25, 0.3) is 0 Å². The van der Waals surface area contributed by atoms with E-state index in [2.05, 4.69) is 16.5 Å². The monoisotopic (exact) mass is 402 g/mol. The Bertz CT molecular complexity index is 993. The van der Waals surface area contributed by atoms with E-state index in [1.54, 1.807) is 24.3 Å². The fourth-order valence-corrected chi connectivity index (χ4v) is 4.51. The molecule has 0 atom stereocenters. The summed E-state index contributed by atoms with van der Waals surface area (Å²) < 4.78 is 28.5. The maximum Gasteiger partial charge on any atom is 0.335 e. The molecule has 0 bridgehead atoms. The third-order valence-electron chi connectivity index (χ3n) is 5.40. The Morgan fingerprint density at radius 3 is 2.36 bits per heavy atom. The van der Waals surface area contributed by atoms with Gasteiger partial charge < -0.3 is 10.0 Å². The van der Waals surface area contributed by atoms with Gasteiger partial charge in [0.2, 0.25) is 0 Å². The maximum absolute atomic E-state index is 13.0. The number of anilines is 2. The standard InChI is InChI=1S/C21H26N2O4S/c1-14-8-10-23(11-9-14)20-7-5-17(21(24)25)13-19(20)22-28(26,27)18-6-4-15(2)16(3)12-18/h4-7,12-14,22H,8-11H2,1-3H3,(H,24,25). The number of piperidine rings is 1. The summed E-state index contributed by atoms with van der Waals surface area (Å²) >= 11 is 0. The molecule has 7 heteroatoms. The molecule has 2 N–H and O–H groups in total. The molecule has 6 nitrogen and oxygen atoms in total. The van der Waals surface area contributed by atoms with Gasteiger partial charge in [0, 0.05) is 13.1 Å². The van der Waals surface area contributed by atoms with Crippen molar-refractivity contribution in [3.8, 4) is 0 Å². The van der Waals surface area contributed by atoms with Crippen molar-refractivity contribution in [1.29, 1.82) is 0 Å². The number of rotatable bonds is 5. The summed E-state index contributed by atoms with van der Waals surface area (Å²) in [5, 5.41) is 9.34. The van der Waals surface area contributed by atoms with E-state index in [-0.39, 0.29) is 10.5 Å². The Hall–Kier alpha value is -2.54. The summed E-state index contributed by atoms with van der Waals surface area (Å²) in [4.78, 5) is 13.7. The van der Waals surface area contributed by atoms with E-state index in [1.807, 2.05) is 13.8 Å². The molecule has 0 unspecified atom stereocenters. The molecule has 28 heavy (non-hydrogen) atoms. The maximum atomic E-state index is 13.0. The smallest absolute Gasteiger partial charge is 0.335 e. The second-order valence-corrected chi connectivity index (χ2v) is 9.24. The van der Waals surface area contributed by atoms with Gasteiger partial charge in [0.1, 0.15) is 0 Å². The SMILES string of the molecule is Cc1ccc(S(=O)(=O)Nc2cc(C(=O)O)ccc2N2CCC(C)CC2)cc1C. The quantitative estimate of drug-likeness (QED) is 0.788. The molecular weight excluding hydrogens is 376 g/mol. The van der Waals surface area contributed by atoms with E-state index in [0.29, 0.717) is 17.3 Å². The highest BCUT2D eigenvalue weighted by Gasteiger charge is 2.23. The van der Waals surface area contributed by atoms with Crippen LogP contribution in [0.4, 0.5) is 11.4 Å². The van der Waals surface area contributed by atoms with Crippen molar-refractivity contribution in [2.75, 3.05) is 22.7 Å². The minimum absolute atomic E-state index is 0.0481. The van der Waals surface area contributed by atoms with Crippen molar-refractivity contribution >= 4 is 27.4 Å². The van der Waals surface area contributed by atoms with Crippen molar-refractivity contribution in [3.63, 3.8) is 0 Å². The number of nitrogens with zero attached hydrogens (tertiary/aromatic N) is 1. The molecule has 1 fully saturated rings. The molecule has 1 heterocycles. The third kappa shape index (κ3) is 4.30. The van der Waals surface area contributed by atoms with Crippen LogP contribution < -0.4 is 9.62 Å². The first kappa shape index (κ1) is 20.2. The summed E-state index contributed by atoms with van der Waals surface area (Å²) in [6.45, 7) is 7.61. The third-order valence-corrected chi connectivity index (χ3v) is 6.76. The topological polar surface area (TPSA) is 86.7 Å². The predicted molar refractivity (Wildman–Crippen MR) is 111 cm³/mol. The van der Waals surface area contributed by atoms with Gasteiger partial charge in [0.25, 0.3) is 10.0 Å². The van der Waals surface area contributed by atoms with Crippen LogP contribution in [0.2, 0.25) is 0 Å². The Morgan fingerprint density at radius 2 is 1.75 bits per heavy atom. The second kappa shape index (κ2) is 7.83. The average molecular weight is 403 g/mol. The van der Waals surface area contributed by atoms with E-state index in [1.165, 1.54) is 12.1 Å². The molecule has 0 amide bonds. The Labute approximate surface area is 166 Å². The number of hydrogen-bond donors (Lipinski definition) is 2. The van der Waals surface area contributed by atoms with Gasteiger partial charge in [-0.25, -0.2) is 13.2 Å². The first-order valence-corrected chi connectivity index (χ1v) is 10.9. The molecule has 0 spiro atoms. The van der Waals surface area contributed by atoms with Gasteiger partial charge in [0.15, 0.2) is 0 Å². The second-order valence-electron chi connectivity index (χ2n) is 7.56. The molecule has 2 aromatic carbocycles. The van der Waals surface area contributed by atoms with E-state index < -0.39 is 16.0 Å². The van der Waals surface area contributed by atoms with Crippen LogP contribution in [-0.2, 0) is 10.0 Å². The highest BCUT2D eigenvalue weighted by molar-refractivity contribution is 7.92. The van der Waals surface area contributed by atoms with Crippen LogP contribution in [0.3, 0.4) is 0 Å². The summed E-state index contributed by atoms with van der Waals surface area (Å²) in [6, 6.07) is 9.56. The van der Waals surface area contributed by atoms with E-state index in [4.69, 9.17) is 0 Å². The lowest BCUT2D eigenvalue weighted by Gasteiger charge is -2.33. The van der Waals surface area contributed by atoms with E-state index >= 15 is 0 Å². The molecule has 0 aliphatic carbocycles. The number of benzene rings is 2. The fourth-order valence-electron chi connectivity index (χ4n) is 3.36. The number of sulfonamides is 1. The molecule has 1 aliphatic heterocycles. The van der Waals surface area contributed by atoms with Gasteiger partial charge in [-0.15, -0.1) is 0 Å². The number of aromatic carboxylic acids is 1. The highest BCUT2D eigenvalue weighted by atomic mass is 32.2. The first-order valence-electron chi connectivity index (χ1n) is 9.40. The van der Waals surface area contributed by atoms with Crippen LogP contribution >= 0.6 is 0 Å². The Balaban J connectivity index is 1.99. The lowest BCUT2D eigenvalue weighted by molar-refractivity contribution is 0.0697. The van der Waals surface area contributed by atoms with Crippen LogP contribution in [0.5, 0.6) is 0 Å². The van der Waals surface area contributed by atoms with Gasteiger partial charge in [-0.05, 0) is 74.1 Å². The molecule has 1 aliphatic rings. The van der Waals surface area contributed by atoms with Gasteiger partial charge >= 0.3 is 5.97 Å². The highest BCUT2D eigenvalue weighted by Crippen LogP contribution is 2.32. The van der Waals surface area contributed by atoms with Crippen molar-refractivity contribution in [2.45, 2.75) is 38.5 Å². The number of carboxylic acids is 1. The molecule has 0 radical (unpaired) electrons. The van der Waals surface area contributed by atoms with Gasteiger partial charge in [-0.1, -0.05) is 13.0 Å². The first-order chi connectivity index (χ1) is 13.2. The molecule has 2 aromatic rings. The van der Waals surface area contributed by atoms with Crippen LogP contribution in [0, 0.1) is 19.8 Å². The Kier molecular flexibility index (Phi) is 5.65. The summed E-state index contributed by atoms with van der Waals surface area (Å²) in [6.07, 6.45) is 2.04. The summed E-state index contributed by atoms with van der Waals surface area (Å²) in [5.74, 6) is -0.462. The molecular formula is C21H26N2O4S. The zero-order valence-electron chi connectivity index (χ0n) is 16.4. The van der Waals surface area contributed by atoms with E-state index in [0.717, 1.165) is 37.1 Å². The van der Waals surface area contributed by atoms with Crippen molar-refractivity contribution < 1.29 is 18.3 Å². The lowest BCUT2D eigenvalue weighted by Crippen LogP contribution is -2.33. The minimum atomic E-state index is -3.84. The number of nitrogens with one attached hydrogen (secondary N) is 1. The van der Waals surface area contributed by atoms with Gasteiger partial charge in [0.05, 0.1) is 21.8 Å². The molecule has 150 valence electrons. The summed E-state index contributed by atoms with van der Waals surface area (Å²) in [5.41, 5.74) is 2.95. The number of carbonyl (C=O) groups is 1. The minimum Gasteiger partial charge on any atom is -0.478 e.